The average molecular weight is 442 g/mol. The van der Waals surface area contributed by atoms with Gasteiger partial charge in [-0.3, -0.25) is 0 Å². The van der Waals surface area contributed by atoms with Crippen LogP contribution in [0.2, 0.25) is 10.0 Å². The number of carbonyl (C=O) groups is 1. The Hall–Kier alpha value is -3.33. The molecule has 30 heavy (non-hydrogen) atoms. The summed E-state index contributed by atoms with van der Waals surface area (Å²) >= 11 is 11.9. The van der Waals surface area contributed by atoms with E-state index < -0.39 is 11.8 Å². The summed E-state index contributed by atoms with van der Waals surface area (Å²) < 4.78 is 24.5. The number of hydrogen-bond donors (Lipinski definition) is 0. The molecule has 4 nitrogen and oxygen atoms in total. The van der Waals surface area contributed by atoms with Gasteiger partial charge in [0.1, 0.15) is 11.4 Å². The van der Waals surface area contributed by atoms with Gasteiger partial charge in [0, 0.05) is 5.02 Å². The minimum Gasteiger partial charge on any atom is -0.493 e. The van der Waals surface area contributed by atoms with Crippen LogP contribution in [0.4, 0.5) is 4.39 Å². The molecule has 3 rings (SSSR count). The normalized spacial score (nSPS) is 11.0. The predicted molar refractivity (Wildman–Crippen MR) is 114 cm³/mol. The zero-order valence-electron chi connectivity index (χ0n) is 15.7. The van der Waals surface area contributed by atoms with E-state index in [4.69, 9.17) is 32.7 Å². The number of nitriles is 1. The highest BCUT2D eigenvalue weighted by molar-refractivity contribution is 6.33. The van der Waals surface area contributed by atoms with E-state index in [1.165, 1.54) is 25.3 Å². The Morgan fingerprint density at radius 2 is 1.83 bits per heavy atom. The van der Waals surface area contributed by atoms with Crippen LogP contribution < -0.4 is 9.47 Å². The van der Waals surface area contributed by atoms with E-state index in [9.17, 15) is 14.4 Å². The molecule has 7 heteroatoms. The number of nitrogens with zero attached hydrogens (tertiary/aromatic N) is 1. The van der Waals surface area contributed by atoms with E-state index >= 15 is 0 Å². The molecule has 0 aromatic heterocycles. The molecule has 0 fully saturated rings. The van der Waals surface area contributed by atoms with Crippen molar-refractivity contribution in [3.8, 4) is 17.6 Å². The van der Waals surface area contributed by atoms with Gasteiger partial charge in [-0.25, -0.2) is 9.18 Å². The molecular weight excluding hydrogens is 428 g/mol. The first kappa shape index (κ1) is 21.4. The van der Waals surface area contributed by atoms with Crippen molar-refractivity contribution in [2.75, 3.05) is 7.11 Å². The van der Waals surface area contributed by atoms with Crippen molar-refractivity contribution in [2.24, 2.45) is 0 Å². The van der Waals surface area contributed by atoms with E-state index in [-0.39, 0.29) is 22.1 Å². The van der Waals surface area contributed by atoms with Crippen LogP contribution in [-0.4, -0.2) is 13.1 Å². The summed E-state index contributed by atoms with van der Waals surface area (Å²) in [5.74, 6) is -1.42. The number of esters is 1. The SMILES string of the molecule is COc1cc(/C=C(/C#N)c2cccc(Cl)c2)ccc1OC(=O)c1c(F)cccc1Cl. The predicted octanol–water partition coefficient (Wildman–Crippen LogP) is 6.42. The molecule has 3 aromatic rings. The number of benzene rings is 3. The van der Waals surface area contributed by atoms with Crippen LogP contribution in [0.5, 0.6) is 11.5 Å². The fourth-order valence-corrected chi connectivity index (χ4v) is 3.14. The van der Waals surface area contributed by atoms with Gasteiger partial charge in [-0.15, -0.1) is 0 Å². The van der Waals surface area contributed by atoms with Crippen LogP contribution in [0.1, 0.15) is 21.5 Å². The molecular formula is C23H14Cl2FNO3. The van der Waals surface area contributed by atoms with E-state index in [1.807, 2.05) is 0 Å². The molecule has 0 spiro atoms. The lowest BCUT2D eigenvalue weighted by Gasteiger charge is -2.11. The Labute approximate surface area is 182 Å². The van der Waals surface area contributed by atoms with Gasteiger partial charge < -0.3 is 9.47 Å². The lowest BCUT2D eigenvalue weighted by Crippen LogP contribution is -2.12. The van der Waals surface area contributed by atoms with Crippen LogP contribution in [0, 0.1) is 17.1 Å². The van der Waals surface area contributed by atoms with Gasteiger partial charge in [0.25, 0.3) is 0 Å². The summed E-state index contributed by atoms with van der Waals surface area (Å²) in [6.07, 6.45) is 1.65. The molecule has 0 N–H and O–H groups in total. The lowest BCUT2D eigenvalue weighted by molar-refractivity contribution is 0.0725. The summed E-state index contributed by atoms with van der Waals surface area (Å²) in [6.45, 7) is 0. The molecule has 0 saturated carbocycles. The van der Waals surface area contributed by atoms with Crippen molar-refractivity contribution >= 4 is 40.8 Å². The fraction of sp³-hybridized carbons (Fsp3) is 0.0435. The monoisotopic (exact) mass is 441 g/mol. The van der Waals surface area contributed by atoms with Crippen LogP contribution in [-0.2, 0) is 0 Å². The number of halogens is 3. The number of methoxy groups -OCH3 is 1. The van der Waals surface area contributed by atoms with E-state index in [0.717, 1.165) is 6.07 Å². The molecule has 0 aliphatic heterocycles. The van der Waals surface area contributed by atoms with Gasteiger partial charge in [0.05, 0.1) is 23.8 Å². The molecule has 0 aliphatic carbocycles. The molecule has 3 aromatic carbocycles. The molecule has 0 saturated heterocycles. The van der Waals surface area contributed by atoms with Crippen molar-refractivity contribution in [2.45, 2.75) is 0 Å². The third kappa shape index (κ3) is 4.80. The Balaban J connectivity index is 1.92. The Kier molecular flexibility index (Phi) is 6.73. The Morgan fingerprint density at radius 3 is 2.50 bits per heavy atom. The molecule has 0 heterocycles. The molecule has 0 unspecified atom stereocenters. The van der Waals surface area contributed by atoms with Crippen LogP contribution in [0.3, 0.4) is 0 Å². The van der Waals surface area contributed by atoms with Crippen molar-refractivity contribution in [3.05, 3.63) is 93.2 Å². The number of ether oxygens (including phenoxy) is 2. The van der Waals surface area contributed by atoms with Gasteiger partial charge in [0.15, 0.2) is 11.5 Å². The second kappa shape index (κ2) is 9.45. The highest BCUT2D eigenvalue weighted by atomic mass is 35.5. The zero-order valence-corrected chi connectivity index (χ0v) is 17.2. The molecule has 0 radical (unpaired) electrons. The summed E-state index contributed by atoms with van der Waals surface area (Å²) in [5.41, 5.74) is 1.32. The van der Waals surface area contributed by atoms with E-state index in [1.54, 1.807) is 42.5 Å². The first-order valence-corrected chi connectivity index (χ1v) is 9.40. The van der Waals surface area contributed by atoms with Crippen LogP contribution in [0.15, 0.2) is 60.7 Å². The standard InChI is InChI=1S/C23H14Cl2FNO3/c1-29-21-11-14(10-16(13-27)15-4-2-5-17(24)12-15)8-9-20(21)30-23(28)22-18(25)6-3-7-19(22)26/h2-12H,1H3/b16-10-. The summed E-state index contributed by atoms with van der Waals surface area (Å²) in [4.78, 5) is 12.4. The maximum Gasteiger partial charge on any atom is 0.348 e. The van der Waals surface area contributed by atoms with E-state index in [0.29, 0.717) is 21.7 Å². The van der Waals surface area contributed by atoms with Crippen molar-refractivity contribution in [1.82, 2.24) is 0 Å². The minimum absolute atomic E-state index is 0.0568. The number of rotatable bonds is 5. The second-order valence-corrected chi connectivity index (χ2v) is 6.92. The average Bonchev–Trinajstić information content (AvgIpc) is 2.72. The molecule has 0 atom stereocenters. The van der Waals surface area contributed by atoms with Gasteiger partial charge in [-0.1, -0.05) is 47.5 Å². The smallest absolute Gasteiger partial charge is 0.348 e. The van der Waals surface area contributed by atoms with Gasteiger partial charge in [-0.05, 0) is 53.6 Å². The second-order valence-electron chi connectivity index (χ2n) is 6.08. The molecule has 150 valence electrons. The molecule has 0 amide bonds. The first-order chi connectivity index (χ1) is 14.4. The summed E-state index contributed by atoms with van der Waals surface area (Å²) in [6, 6.07) is 17.7. The van der Waals surface area contributed by atoms with Crippen molar-refractivity contribution in [1.29, 1.82) is 5.26 Å². The number of carbonyl (C=O) groups excluding carboxylic acids is 1. The van der Waals surface area contributed by atoms with Crippen molar-refractivity contribution in [3.63, 3.8) is 0 Å². The third-order valence-electron chi connectivity index (χ3n) is 4.12. The number of allylic oxidation sites excluding steroid dienone is 1. The largest absolute Gasteiger partial charge is 0.493 e. The maximum absolute atomic E-state index is 14.0. The zero-order chi connectivity index (χ0) is 21.7. The Morgan fingerprint density at radius 1 is 1.07 bits per heavy atom. The van der Waals surface area contributed by atoms with E-state index in [2.05, 4.69) is 6.07 Å². The highest BCUT2D eigenvalue weighted by Gasteiger charge is 2.20. The highest BCUT2D eigenvalue weighted by Crippen LogP contribution is 2.31. The molecule has 0 aliphatic rings. The van der Waals surface area contributed by atoms with Crippen LogP contribution in [0.25, 0.3) is 11.6 Å². The van der Waals surface area contributed by atoms with Crippen LogP contribution >= 0.6 is 23.2 Å². The maximum atomic E-state index is 14.0. The number of hydrogen-bond acceptors (Lipinski definition) is 4. The fourth-order valence-electron chi connectivity index (χ4n) is 2.70. The molecule has 0 bridgehead atoms. The minimum atomic E-state index is -0.948. The third-order valence-corrected chi connectivity index (χ3v) is 4.67. The quantitative estimate of drug-likeness (QED) is 0.198. The summed E-state index contributed by atoms with van der Waals surface area (Å²) in [5, 5.41) is 9.96. The topological polar surface area (TPSA) is 59.3 Å². The first-order valence-electron chi connectivity index (χ1n) is 8.65. The lowest BCUT2D eigenvalue weighted by atomic mass is 10.0. The van der Waals surface area contributed by atoms with Crippen molar-refractivity contribution < 1.29 is 18.7 Å². The summed E-state index contributed by atoms with van der Waals surface area (Å²) in [7, 11) is 1.40. The van der Waals surface area contributed by atoms with Gasteiger partial charge in [0.2, 0.25) is 0 Å². The Bertz CT molecular complexity index is 1170. The van der Waals surface area contributed by atoms with Gasteiger partial charge in [-0.2, -0.15) is 5.26 Å². The van der Waals surface area contributed by atoms with Gasteiger partial charge >= 0.3 is 5.97 Å².